The van der Waals surface area contributed by atoms with Crippen molar-refractivity contribution in [2.45, 2.75) is 13.0 Å². The molecule has 0 amide bonds. The molecule has 0 spiro atoms. The van der Waals surface area contributed by atoms with Crippen LogP contribution in [-0.4, -0.2) is 16.9 Å². The molecule has 0 saturated carbocycles. The molecule has 4 heteroatoms. The zero-order valence-electron chi connectivity index (χ0n) is 9.96. The molecule has 1 aliphatic heterocycles. The number of fused-ring (bicyclic) bond motifs is 1. The van der Waals surface area contributed by atoms with E-state index in [4.69, 9.17) is 9.47 Å². The fourth-order valence-corrected chi connectivity index (χ4v) is 1.92. The minimum absolute atomic E-state index is 0.237. The molecule has 3 rings (SSSR count). The summed E-state index contributed by atoms with van der Waals surface area (Å²) in [6.45, 7) is 2.15. The summed E-state index contributed by atoms with van der Waals surface area (Å²) in [4.78, 5) is 4.18. The molecule has 1 aliphatic rings. The molecule has 1 unspecified atom stereocenters. The molecule has 4 nitrogen and oxygen atoms in total. The molecule has 1 aromatic heterocycles. The third kappa shape index (κ3) is 1.91. The van der Waals surface area contributed by atoms with Crippen molar-refractivity contribution in [2.24, 2.45) is 0 Å². The van der Waals surface area contributed by atoms with Gasteiger partial charge in [-0.05, 0) is 30.7 Å². The van der Waals surface area contributed by atoms with Gasteiger partial charge in [-0.1, -0.05) is 12.1 Å². The highest BCUT2D eigenvalue weighted by Gasteiger charge is 2.17. The van der Waals surface area contributed by atoms with Gasteiger partial charge in [0.2, 0.25) is 6.79 Å². The molecule has 1 N–H and O–H groups in total. The number of aryl methyl sites for hydroxylation is 1. The summed E-state index contributed by atoms with van der Waals surface area (Å²) in [7, 11) is 0. The summed E-state index contributed by atoms with van der Waals surface area (Å²) in [5.41, 5.74) is 2.46. The lowest BCUT2D eigenvalue weighted by molar-refractivity contribution is 0.173. The van der Waals surface area contributed by atoms with E-state index < -0.39 is 6.10 Å². The van der Waals surface area contributed by atoms with Crippen LogP contribution >= 0.6 is 0 Å². The van der Waals surface area contributed by atoms with Crippen LogP contribution in [0, 0.1) is 6.92 Å². The van der Waals surface area contributed by atoms with Gasteiger partial charge in [-0.3, -0.25) is 4.98 Å². The standard InChI is InChI=1S/C14H13NO3/c1-9-2-3-11(7-15-9)14(16)10-4-5-12-13(6-10)18-8-17-12/h2-7,14,16H,8H2,1H3. The molecule has 2 heterocycles. The van der Waals surface area contributed by atoms with Crippen LogP contribution in [0.2, 0.25) is 0 Å². The highest BCUT2D eigenvalue weighted by molar-refractivity contribution is 5.46. The second-order valence-corrected chi connectivity index (χ2v) is 4.25. The lowest BCUT2D eigenvalue weighted by Gasteiger charge is -2.11. The Hall–Kier alpha value is -2.07. The lowest BCUT2D eigenvalue weighted by Crippen LogP contribution is -2.00. The molecular weight excluding hydrogens is 230 g/mol. The van der Waals surface area contributed by atoms with Crippen LogP contribution in [0.1, 0.15) is 22.9 Å². The number of hydrogen-bond acceptors (Lipinski definition) is 4. The SMILES string of the molecule is Cc1ccc(C(O)c2ccc3c(c2)OCO3)cn1. The first-order valence-electron chi connectivity index (χ1n) is 5.74. The van der Waals surface area contributed by atoms with Gasteiger partial charge in [-0.25, -0.2) is 0 Å². The molecular formula is C14H13NO3. The first-order valence-corrected chi connectivity index (χ1v) is 5.74. The summed E-state index contributed by atoms with van der Waals surface area (Å²) < 4.78 is 10.5. The normalized spacial score (nSPS) is 14.6. The molecule has 0 radical (unpaired) electrons. The number of benzene rings is 1. The van der Waals surface area contributed by atoms with E-state index >= 15 is 0 Å². The van der Waals surface area contributed by atoms with Crippen molar-refractivity contribution in [3.8, 4) is 11.5 Å². The zero-order chi connectivity index (χ0) is 12.5. The number of pyridine rings is 1. The van der Waals surface area contributed by atoms with Crippen LogP contribution in [0.4, 0.5) is 0 Å². The fourth-order valence-electron chi connectivity index (χ4n) is 1.92. The number of aromatic nitrogens is 1. The Morgan fingerprint density at radius 2 is 1.89 bits per heavy atom. The van der Waals surface area contributed by atoms with Gasteiger partial charge in [0.1, 0.15) is 6.10 Å². The topological polar surface area (TPSA) is 51.6 Å². The maximum Gasteiger partial charge on any atom is 0.231 e. The average Bonchev–Trinajstić information content (AvgIpc) is 2.86. The van der Waals surface area contributed by atoms with Crippen LogP contribution in [0.5, 0.6) is 11.5 Å². The van der Waals surface area contributed by atoms with Gasteiger partial charge in [0.05, 0.1) is 0 Å². The van der Waals surface area contributed by atoms with Crippen molar-refractivity contribution in [1.82, 2.24) is 4.98 Å². The summed E-state index contributed by atoms with van der Waals surface area (Å²) >= 11 is 0. The Kier molecular flexibility index (Phi) is 2.64. The fraction of sp³-hybridized carbons (Fsp3) is 0.214. The minimum atomic E-state index is -0.701. The van der Waals surface area contributed by atoms with Gasteiger partial charge in [0.25, 0.3) is 0 Å². The summed E-state index contributed by atoms with van der Waals surface area (Å²) in [5, 5.41) is 10.3. The molecule has 0 fully saturated rings. The highest BCUT2D eigenvalue weighted by atomic mass is 16.7. The Balaban J connectivity index is 1.92. The summed E-state index contributed by atoms with van der Waals surface area (Å²) in [5.74, 6) is 1.39. The Labute approximate surface area is 105 Å². The summed E-state index contributed by atoms with van der Waals surface area (Å²) in [6, 6.07) is 9.19. The van der Waals surface area contributed by atoms with Crippen LogP contribution < -0.4 is 9.47 Å². The number of ether oxygens (including phenoxy) is 2. The largest absolute Gasteiger partial charge is 0.454 e. The number of aliphatic hydroxyl groups excluding tert-OH is 1. The van der Waals surface area contributed by atoms with Gasteiger partial charge in [0.15, 0.2) is 11.5 Å². The second kappa shape index (κ2) is 4.31. The number of aliphatic hydroxyl groups is 1. The van der Waals surface area contributed by atoms with E-state index in [-0.39, 0.29) is 6.79 Å². The van der Waals surface area contributed by atoms with E-state index in [1.54, 1.807) is 12.3 Å². The molecule has 1 atom stereocenters. The van der Waals surface area contributed by atoms with Crippen molar-refractivity contribution < 1.29 is 14.6 Å². The number of rotatable bonds is 2. The van der Waals surface area contributed by atoms with E-state index in [1.165, 1.54) is 0 Å². The zero-order valence-corrected chi connectivity index (χ0v) is 9.96. The Bertz CT molecular complexity index is 566. The third-order valence-corrected chi connectivity index (χ3v) is 2.96. The summed E-state index contributed by atoms with van der Waals surface area (Å²) in [6.07, 6.45) is 0.984. The molecule has 0 saturated heterocycles. The van der Waals surface area contributed by atoms with Crippen molar-refractivity contribution in [1.29, 1.82) is 0 Å². The quantitative estimate of drug-likeness (QED) is 0.878. The van der Waals surface area contributed by atoms with E-state index in [9.17, 15) is 5.11 Å². The Morgan fingerprint density at radius 3 is 2.67 bits per heavy atom. The first kappa shape index (κ1) is 11.0. The van der Waals surface area contributed by atoms with E-state index in [2.05, 4.69) is 4.98 Å². The van der Waals surface area contributed by atoms with Crippen molar-refractivity contribution >= 4 is 0 Å². The predicted octanol–water partition coefficient (Wildman–Crippen LogP) is 2.20. The van der Waals surface area contributed by atoms with Crippen LogP contribution in [0.15, 0.2) is 36.5 Å². The minimum Gasteiger partial charge on any atom is -0.454 e. The molecule has 92 valence electrons. The smallest absolute Gasteiger partial charge is 0.231 e. The van der Waals surface area contributed by atoms with Crippen LogP contribution in [0.25, 0.3) is 0 Å². The lowest BCUT2D eigenvalue weighted by atomic mass is 10.0. The molecule has 0 bridgehead atoms. The molecule has 2 aromatic rings. The van der Waals surface area contributed by atoms with Gasteiger partial charge >= 0.3 is 0 Å². The maximum atomic E-state index is 10.3. The third-order valence-electron chi connectivity index (χ3n) is 2.96. The predicted molar refractivity (Wildman–Crippen MR) is 65.6 cm³/mol. The maximum absolute atomic E-state index is 10.3. The van der Waals surface area contributed by atoms with Crippen LogP contribution in [-0.2, 0) is 0 Å². The molecule has 18 heavy (non-hydrogen) atoms. The average molecular weight is 243 g/mol. The van der Waals surface area contributed by atoms with E-state index in [0.717, 1.165) is 16.8 Å². The van der Waals surface area contributed by atoms with Crippen LogP contribution in [0.3, 0.4) is 0 Å². The van der Waals surface area contributed by atoms with Crippen molar-refractivity contribution in [3.05, 3.63) is 53.3 Å². The van der Waals surface area contributed by atoms with E-state index in [1.807, 2.05) is 31.2 Å². The highest BCUT2D eigenvalue weighted by Crippen LogP contribution is 2.35. The van der Waals surface area contributed by atoms with E-state index in [0.29, 0.717) is 11.5 Å². The molecule has 0 aliphatic carbocycles. The number of nitrogens with zero attached hydrogens (tertiary/aromatic N) is 1. The Morgan fingerprint density at radius 1 is 1.11 bits per heavy atom. The van der Waals surface area contributed by atoms with Gasteiger partial charge < -0.3 is 14.6 Å². The van der Waals surface area contributed by atoms with Gasteiger partial charge in [0, 0.05) is 17.5 Å². The van der Waals surface area contributed by atoms with Gasteiger partial charge in [-0.2, -0.15) is 0 Å². The van der Waals surface area contributed by atoms with Crippen molar-refractivity contribution in [3.63, 3.8) is 0 Å². The van der Waals surface area contributed by atoms with Gasteiger partial charge in [-0.15, -0.1) is 0 Å². The second-order valence-electron chi connectivity index (χ2n) is 4.25. The number of hydrogen-bond donors (Lipinski definition) is 1. The monoisotopic (exact) mass is 243 g/mol. The first-order chi connectivity index (χ1) is 8.74. The van der Waals surface area contributed by atoms with Crippen molar-refractivity contribution in [2.75, 3.05) is 6.79 Å². The molecule has 1 aromatic carbocycles.